The summed E-state index contributed by atoms with van der Waals surface area (Å²) >= 11 is 0. The Morgan fingerprint density at radius 3 is 2.83 bits per heavy atom. The summed E-state index contributed by atoms with van der Waals surface area (Å²) in [6, 6.07) is 8.97. The summed E-state index contributed by atoms with van der Waals surface area (Å²) in [6.07, 6.45) is -0.459. The molecular formula is C17H18N2O4. The number of ether oxygens (including phenoxy) is 1. The highest BCUT2D eigenvalue weighted by atomic mass is 16.5. The predicted molar refractivity (Wildman–Crippen MR) is 84.3 cm³/mol. The van der Waals surface area contributed by atoms with Crippen molar-refractivity contribution in [2.24, 2.45) is 0 Å². The number of para-hydroxylation sites is 1. The average Bonchev–Trinajstić information content (AvgIpc) is 2.96. The van der Waals surface area contributed by atoms with Crippen LogP contribution in [0.5, 0.6) is 0 Å². The lowest BCUT2D eigenvalue weighted by molar-refractivity contribution is 0.0597. The molecule has 3 rings (SSSR count). The summed E-state index contributed by atoms with van der Waals surface area (Å²) in [5.41, 5.74) is 1.75. The van der Waals surface area contributed by atoms with Crippen LogP contribution in [0.3, 0.4) is 0 Å². The van der Waals surface area contributed by atoms with Gasteiger partial charge in [0.1, 0.15) is 17.1 Å². The van der Waals surface area contributed by atoms with Crippen molar-refractivity contribution in [3.63, 3.8) is 0 Å². The molecule has 0 aliphatic carbocycles. The Morgan fingerprint density at radius 2 is 2.13 bits per heavy atom. The SMILES string of the molecule is CCN1C(=O)c2ccccc2N[C@H]1c1cc(C(=O)OC)c(C)o1. The number of nitrogens with one attached hydrogen (secondary N) is 1. The molecule has 23 heavy (non-hydrogen) atoms. The van der Waals surface area contributed by atoms with Gasteiger partial charge in [0.2, 0.25) is 0 Å². The largest absolute Gasteiger partial charge is 0.465 e. The van der Waals surface area contributed by atoms with Crippen molar-refractivity contribution < 1.29 is 18.7 Å². The topological polar surface area (TPSA) is 71.8 Å². The predicted octanol–water partition coefficient (Wildman–Crippen LogP) is 2.96. The molecule has 0 spiro atoms. The van der Waals surface area contributed by atoms with Gasteiger partial charge < -0.3 is 19.4 Å². The summed E-state index contributed by atoms with van der Waals surface area (Å²) in [5.74, 6) is 0.451. The molecular weight excluding hydrogens is 296 g/mol. The highest BCUT2D eigenvalue weighted by Gasteiger charge is 2.34. The molecule has 1 aliphatic heterocycles. The summed E-state index contributed by atoms with van der Waals surface area (Å²) < 4.78 is 10.5. The molecule has 0 bridgehead atoms. The minimum absolute atomic E-state index is 0.0690. The van der Waals surface area contributed by atoms with Gasteiger partial charge in [0.25, 0.3) is 5.91 Å². The molecule has 1 aliphatic rings. The van der Waals surface area contributed by atoms with E-state index in [1.54, 1.807) is 24.0 Å². The number of furan rings is 1. The number of aryl methyl sites for hydroxylation is 1. The number of carbonyl (C=O) groups excluding carboxylic acids is 2. The number of carbonyl (C=O) groups is 2. The number of methoxy groups -OCH3 is 1. The van der Waals surface area contributed by atoms with Crippen LogP contribution in [0, 0.1) is 6.92 Å². The Labute approximate surface area is 134 Å². The van der Waals surface area contributed by atoms with Gasteiger partial charge in [0, 0.05) is 12.2 Å². The molecule has 1 atom stereocenters. The molecule has 2 heterocycles. The Kier molecular flexibility index (Phi) is 3.82. The number of hydrogen-bond acceptors (Lipinski definition) is 5. The van der Waals surface area contributed by atoms with Gasteiger partial charge in [-0.1, -0.05) is 12.1 Å². The van der Waals surface area contributed by atoms with Gasteiger partial charge in [-0.15, -0.1) is 0 Å². The molecule has 0 radical (unpaired) electrons. The van der Waals surface area contributed by atoms with E-state index in [2.05, 4.69) is 5.32 Å². The van der Waals surface area contributed by atoms with E-state index in [1.165, 1.54) is 7.11 Å². The van der Waals surface area contributed by atoms with Crippen molar-refractivity contribution in [2.45, 2.75) is 20.0 Å². The van der Waals surface area contributed by atoms with Crippen molar-refractivity contribution in [1.82, 2.24) is 4.90 Å². The first-order valence-corrected chi connectivity index (χ1v) is 7.42. The highest BCUT2D eigenvalue weighted by Crippen LogP contribution is 2.34. The number of rotatable bonds is 3. The van der Waals surface area contributed by atoms with Crippen molar-refractivity contribution in [3.8, 4) is 0 Å². The lowest BCUT2D eigenvalue weighted by Crippen LogP contribution is -2.42. The van der Waals surface area contributed by atoms with Crippen LogP contribution in [0.15, 0.2) is 34.7 Å². The van der Waals surface area contributed by atoms with E-state index >= 15 is 0 Å². The number of esters is 1. The second-order valence-corrected chi connectivity index (χ2v) is 5.29. The van der Waals surface area contributed by atoms with Gasteiger partial charge in [0.05, 0.1) is 12.7 Å². The van der Waals surface area contributed by atoms with E-state index in [9.17, 15) is 9.59 Å². The minimum Gasteiger partial charge on any atom is -0.465 e. The normalized spacial score (nSPS) is 16.7. The lowest BCUT2D eigenvalue weighted by atomic mass is 10.1. The first-order valence-electron chi connectivity index (χ1n) is 7.42. The van der Waals surface area contributed by atoms with Gasteiger partial charge in [-0.05, 0) is 32.0 Å². The number of benzene rings is 1. The number of nitrogens with zero attached hydrogens (tertiary/aromatic N) is 1. The zero-order valence-electron chi connectivity index (χ0n) is 13.3. The molecule has 1 aromatic carbocycles. The van der Waals surface area contributed by atoms with E-state index in [0.29, 0.717) is 29.2 Å². The van der Waals surface area contributed by atoms with Crippen LogP contribution in [0.1, 0.15) is 45.3 Å². The van der Waals surface area contributed by atoms with E-state index in [1.807, 2.05) is 25.1 Å². The van der Waals surface area contributed by atoms with Crippen LogP contribution in [0.2, 0.25) is 0 Å². The second-order valence-electron chi connectivity index (χ2n) is 5.29. The fraction of sp³-hybridized carbons (Fsp3) is 0.294. The van der Waals surface area contributed by atoms with E-state index in [4.69, 9.17) is 9.15 Å². The zero-order valence-corrected chi connectivity index (χ0v) is 13.3. The quantitative estimate of drug-likeness (QED) is 0.882. The number of amides is 1. The van der Waals surface area contributed by atoms with E-state index in [0.717, 1.165) is 5.69 Å². The first-order chi connectivity index (χ1) is 11.1. The molecule has 0 saturated carbocycles. The first kappa shape index (κ1) is 15.1. The minimum atomic E-state index is -0.459. The van der Waals surface area contributed by atoms with Crippen LogP contribution >= 0.6 is 0 Å². The van der Waals surface area contributed by atoms with Gasteiger partial charge in [0.15, 0.2) is 6.17 Å². The van der Waals surface area contributed by atoms with Crippen LogP contribution in [-0.2, 0) is 4.74 Å². The highest BCUT2D eigenvalue weighted by molar-refractivity contribution is 6.01. The van der Waals surface area contributed by atoms with Crippen LogP contribution < -0.4 is 5.32 Å². The Morgan fingerprint density at radius 1 is 1.39 bits per heavy atom. The van der Waals surface area contributed by atoms with Gasteiger partial charge >= 0.3 is 5.97 Å². The maximum Gasteiger partial charge on any atom is 0.341 e. The molecule has 0 unspecified atom stereocenters. The van der Waals surface area contributed by atoms with Crippen molar-refractivity contribution in [1.29, 1.82) is 0 Å². The van der Waals surface area contributed by atoms with Crippen molar-refractivity contribution >= 4 is 17.6 Å². The summed E-state index contributed by atoms with van der Waals surface area (Å²) in [6.45, 7) is 4.11. The summed E-state index contributed by atoms with van der Waals surface area (Å²) in [4.78, 5) is 26.1. The molecule has 120 valence electrons. The molecule has 6 heteroatoms. The monoisotopic (exact) mass is 314 g/mol. The van der Waals surface area contributed by atoms with Gasteiger partial charge in [-0.3, -0.25) is 4.79 Å². The van der Waals surface area contributed by atoms with Crippen LogP contribution in [0.4, 0.5) is 5.69 Å². The Balaban J connectivity index is 2.02. The van der Waals surface area contributed by atoms with Gasteiger partial charge in [-0.25, -0.2) is 4.79 Å². The smallest absolute Gasteiger partial charge is 0.341 e. The molecule has 1 aromatic heterocycles. The third-order valence-corrected chi connectivity index (χ3v) is 3.97. The third kappa shape index (κ3) is 2.46. The van der Waals surface area contributed by atoms with Gasteiger partial charge in [-0.2, -0.15) is 0 Å². The molecule has 1 amide bonds. The maximum atomic E-state index is 12.7. The van der Waals surface area contributed by atoms with E-state index in [-0.39, 0.29) is 5.91 Å². The molecule has 0 saturated heterocycles. The standard InChI is InChI=1S/C17H18N2O4/c1-4-19-15(14-9-12(10(2)23-14)17(21)22-3)18-13-8-6-5-7-11(13)16(19)20/h5-9,15,18H,4H2,1-3H3/t15-/m1/s1. The number of fused-ring (bicyclic) bond motifs is 1. The number of anilines is 1. The second kappa shape index (κ2) is 5.79. The summed E-state index contributed by atoms with van der Waals surface area (Å²) in [5, 5.41) is 3.30. The number of hydrogen-bond donors (Lipinski definition) is 1. The lowest BCUT2D eigenvalue weighted by Gasteiger charge is -2.36. The van der Waals surface area contributed by atoms with Crippen LogP contribution in [-0.4, -0.2) is 30.4 Å². The van der Waals surface area contributed by atoms with Crippen LogP contribution in [0.25, 0.3) is 0 Å². The molecule has 0 fully saturated rings. The summed E-state index contributed by atoms with van der Waals surface area (Å²) in [7, 11) is 1.32. The maximum absolute atomic E-state index is 12.7. The fourth-order valence-corrected chi connectivity index (χ4v) is 2.80. The van der Waals surface area contributed by atoms with E-state index < -0.39 is 12.1 Å². The zero-order chi connectivity index (χ0) is 16.6. The Hall–Kier alpha value is -2.76. The van der Waals surface area contributed by atoms with Crippen molar-refractivity contribution in [2.75, 3.05) is 19.0 Å². The third-order valence-electron chi connectivity index (χ3n) is 3.97. The molecule has 2 aromatic rings. The Bertz CT molecular complexity index is 766. The molecule has 1 N–H and O–H groups in total. The fourth-order valence-electron chi connectivity index (χ4n) is 2.80. The average molecular weight is 314 g/mol. The van der Waals surface area contributed by atoms with Crippen molar-refractivity contribution in [3.05, 3.63) is 53.0 Å². The molecule has 6 nitrogen and oxygen atoms in total.